The van der Waals surface area contributed by atoms with E-state index in [0.717, 1.165) is 28.4 Å². The molecule has 0 aliphatic heterocycles. The van der Waals surface area contributed by atoms with Crippen LogP contribution in [0.4, 0.5) is 0 Å². The van der Waals surface area contributed by atoms with E-state index in [-0.39, 0.29) is 5.56 Å². The number of rotatable bonds is 4. The van der Waals surface area contributed by atoms with Gasteiger partial charge in [-0.05, 0) is 24.1 Å². The van der Waals surface area contributed by atoms with Crippen molar-refractivity contribution in [2.75, 3.05) is 0 Å². The highest BCUT2D eigenvalue weighted by Gasteiger charge is 2.17. The average Bonchev–Trinajstić information content (AvgIpc) is 3.22. The fourth-order valence-electron chi connectivity index (χ4n) is 2.82. The summed E-state index contributed by atoms with van der Waals surface area (Å²) in [4.78, 5) is 17.3. The minimum Gasteiger partial charge on any atom is -0.308 e. The van der Waals surface area contributed by atoms with Gasteiger partial charge >= 0.3 is 0 Å². The second-order valence-corrected chi connectivity index (χ2v) is 6.71. The topological polar surface area (TPSA) is 74.5 Å². The Kier molecular flexibility index (Phi) is 3.82. The van der Waals surface area contributed by atoms with E-state index in [2.05, 4.69) is 29.1 Å². The summed E-state index contributed by atoms with van der Waals surface area (Å²) in [7, 11) is 0. The Bertz CT molecular complexity index is 1120. The maximum absolute atomic E-state index is 12.7. The number of aromatic amines is 1. The third-order valence-corrected chi connectivity index (χ3v) is 5.18. The van der Waals surface area contributed by atoms with E-state index in [1.165, 1.54) is 21.6 Å². The van der Waals surface area contributed by atoms with Crippen LogP contribution in [-0.2, 0) is 6.42 Å². The third-order valence-electron chi connectivity index (χ3n) is 4.17. The SMILES string of the molecule is CCc1ccc2nc(-n3[nH]c(-c4ccccc4)c(C=N)c3=O)sc2c1. The van der Waals surface area contributed by atoms with Crippen LogP contribution in [0.15, 0.2) is 53.3 Å². The van der Waals surface area contributed by atoms with Crippen molar-refractivity contribution in [2.24, 2.45) is 0 Å². The van der Waals surface area contributed by atoms with Crippen LogP contribution < -0.4 is 5.56 Å². The van der Waals surface area contributed by atoms with E-state index in [1.807, 2.05) is 36.4 Å². The lowest BCUT2D eigenvalue weighted by Gasteiger charge is -1.98. The molecule has 2 heterocycles. The van der Waals surface area contributed by atoms with Crippen molar-refractivity contribution in [3.05, 3.63) is 70.0 Å². The van der Waals surface area contributed by atoms with Crippen molar-refractivity contribution in [3.63, 3.8) is 0 Å². The average molecular weight is 348 g/mol. The van der Waals surface area contributed by atoms with Gasteiger partial charge in [0.2, 0.25) is 5.13 Å². The molecular weight excluding hydrogens is 332 g/mol. The number of aromatic nitrogens is 3. The van der Waals surface area contributed by atoms with Crippen LogP contribution in [0, 0.1) is 5.41 Å². The number of benzene rings is 2. The van der Waals surface area contributed by atoms with Gasteiger partial charge in [-0.1, -0.05) is 54.7 Å². The van der Waals surface area contributed by atoms with E-state index in [1.54, 1.807) is 0 Å². The van der Waals surface area contributed by atoms with Crippen molar-refractivity contribution in [3.8, 4) is 16.4 Å². The monoisotopic (exact) mass is 348 g/mol. The first kappa shape index (κ1) is 15.5. The van der Waals surface area contributed by atoms with E-state index in [9.17, 15) is 4.79 Å². The quantitative estimate of drug-likeness (QED) is 0.547. The summed E-state index contributed by atoms with van der Waals surface area (Å²) < 4.78 is 2.48. The van der Waals surface area contributed by atoms with E-state index < -0.39 is 0 Å². The van der Waals surface area contributed by atoms with E-state index >= 15 is 0 Å². The van der Waals surface area contributed by atoms with Crippen LogP contribution in [0.5, 0.6) is 0 Å². The van der Waals surface area contributed by atoms with Gasteiger partial charge in [0.15, 0.2) is 0 Å². The molecule has 2 aromatic carbocycles. The number of hydrogen-bond acceptors (Lipinski definition) is 4. The van der Waals surface area contributed by atoms with Gasteiger partial charge in [0.05, 0.1) is 21.5 Å². The van der Waals surface area contributed by atoms with Gasteiger partial charge in [0.1, 0.15) is 0 Å². The Morgan fingerprint density at radius 2 is 2.04 bits per heavy atom. The predicted octanol–water partition coefficient (Wildman–Crippen LogP) is 4.00. The van der Waals surface area contributed by atoms with E-state index in [0.29, 0.717) is 16.4 Å². The molecule has 4 aromatic rings. The molecule has 124 valence electrons. The number of fused-ring (bicyclic) bond motifs is 1. The van der Waals surface area contributed by atoms with Gasteiger partial charge in [0, 0.05) is 11.8 Å². The Morgan fingerprint density at radius 3 is 2.76 bits per heavy atom. The first-order valence-electron chi connectivity index (χ1n) is 8.02. The molecule has 0 amide bonds. The second kappa shape index (κ2) is 6.14. The first-order valence-corrected chi connectivity index (χ1v) is 8.83. The molecule has 0 fully saturated rings. The molecule has 0 spiro atoms. The molecule has 0 aliphatic rings. The maximum Gasteiger partial charge on any atom is 0.282 e. The molecule has 0 saturated heterocycles. The molecule has 2 N–H and O–H groups in total. The standard InChI is InChI=1S/C19H16N4OS/c1-2-12-8-9-15-16(10-12)25-19(21-15)23-18(24)14(11-20)17(22-23)13-6-4-3-5-7-13/h3-11,20,22H,2H2,1H3. The lowest BCUT2D eigenvalue weighted by atomic mass is 10.1. The molecular formula is C19H16N4OS. The summed E-state index contributed by atoms with van der Waals surface area (Å²) in [5, 5.41) is 11.3. The smallest absolute Gasteiger partial charge is 0.282 e. The molecule has 0 unspecified atom stereocenters. The zero-order chi connectivity index (χ0) is 17.4. The Balaban J connectivity index is 1.90. The van der Waals surface area contributed by atoms with Gasteiger partial charge in [-0.2, -0.15) is 4.68 Å². The molecule has 0 saturated carbocycles. The summed E-state index contributed by atoms with van der Waals surface area (Å²) in [6.45, 7) is 2.11. The molecule has 5 nitrogen and oxygen atoms in total. The molecule has 0 atom stereocenters. The van der Waals surface area contributed by atoms with Crippen molar-refractivity contribution in [2.45, 2.75) is 13.3 Å². The zero-order valence-electron chi connectivity index (χ0n) is 13.6. The molecule has 0 bridgehead atoms. The highest BCUT2D eigenvalue weighted by atomic mass is 32.1. The lowest BCUT2D eigenvalue weighted by Crippen LogP contribution is -2.16. The Labute approximate surface area is 148 Å². The molecule has 25 heavy (non-hydrogen) atoms. The predicted molar refractivity (Wildman–Crippen MR) is 102 cm³/mol. The second-order valence-electron chi connectivity index (χ2n) is 5.70. The number of aryl methyl sites for hydroxylation is 1. The Hall–Kier alpha value is -2.99. The number of nitrogens with one attached hydrogen (secondary N) is 2. The normalized spacial score (nSPS) is 11.1. The van der Waals surface area contributed by atoms with Gasteiger partial charge in [0.25, 0.3) is 5.56 Å². The maximum atomic E-state index is 12.7. The highest BCUT2D eigenvalue weighted by Crippen LogP contribution is 2.26. The van der Waals surface area contributed by atoms with Crippen LogP contribution in [-0.4, -0.2) is 21.0 Å². The molecule has 0 radical (unpaired) electrons. The van der Waals surface area contributed by atoms with Gasteiger partial charge in [-0.15, -0.1) is 0 Å². The number of hydrogen-bond donors (Lipinski definition) is 2. The van der Waals surface area contributed by atoms with Gasteiger partial charge in [-0.25, -0.2) is 4.98 Å². The van der Waals surface area contributed by atoms with Gasteiger partial charge < -0.3 is 5.41 Å². The summed E-state index contributed by atoms with van der Waals surface area (Å²) >= 11 is 1.47. The van der Waals surface area contributed by atoms with Gasteiger partial charge in [-0.3, -0.25) is 9.89 Å². The first-order chi connectivity index (χ1) is 12.2. The minimum absolute atomic E-state index is 0.261. The largest absolute Gasteiger partial charge is 0.308 e. The number of H-pyrrole nitrogens is 1. The fourth-order valence-corrected chi connectivity index (χ4v) is 3.81. The van der Waals surface area contributed by atoms with Crippen LogP contribution in [0.2, 0.25) is 0 Å². The lowest BCUT2D eigenvalue weighted by molar-refractivity contribution is 0.845. The Morgan fingerprint density at radius 1 is 1.24 bits per heavy atom. The van der Waals surface area contributed by atoms with Crippen molar-refractivity contribution >= 4 is 27.8 Å². The molecule has 4 rings (SSSR count). The minimum atomic E-state index is -0.261. The highest BCUT2D eigenvalue weighted by molar-refractivity contribution is 7.20. The van der Waals surface area contributed by atoms with Crippen molar-refractivity contribution < 1.29 is 0 Å². The third kappa shape index (κ3) is 2.60. The molecule has 2 aromatic heterocycles. The molecule has 6 heteroatoms. The van der Waals surface area contributed by atoms with Crippen molar-refractivity contribution in [1.29, 1.82) is 5.41 Å². The van der Waals surface area contributed by atoms with Crippen LogP contribution >= 0.6 is 11.3 Å². The van der Waals surface area contributed by atoms with Crippen LogP contribution in [0.25, 0.3) is 26.6 Å². The van der Waals surface area contributed by atoms with Crippen molar-refractivity contribution in [1.82, 2.24) is 14.8 Å². The summed E-state index contributed by atoms with van der Waals surface area (Å²) in [6, 6.07) is 15.7. The summed E-state index contributed by atoms with van der Waals surface area (Å²) in [5.74, 6) is 0. The summed E-state index contributed by atoms with van der Waals surface area (Å²) in [6.07, 6.45) is 2.06. The molecule has 0 aliphatic carbocycles. The number of thiazole rings is 1. The number of nitrogens with zero attached hydrogens (tertiary/aromatic N) is 2. The zero-order valence-corrected chi connectivity index (χ0v) is 14.4. The van der Waals surface area contributed by atoms with E-state index in [4.69, 9.17) is 5.41 Å². The fraction of sp³-hybridized carbons (Fsp3) is 0.105. The summed E-state index contributed by atoms with van der Waals surface area (Å²) in [5.41, 5.74) is 3.69. The van der Waals surface area contributed by atoms with Crippen LogP contribution in [0.1, 0.15) is 18.1 Å². The van der Waals surface area contributed by atoms with Crippen LogP contribution in [0.3, 0.4) is 0 Å².